The molecule has 0 aromatic heterocycles. The number of ether oxygens (including phenoxy) is 2. The Kier molecular flexibility index (Phi) is 7.20. The van der Waals surface area contributed by atoms with Crippen LogP contribution in [0.15, 0.2) is 24.3 Å². The number of nitrogens with two attached hydrogens (primary N) is 1. The lowest BCUT2D eigenvalue weighted by atomic mass is 10.2. The molecule has 0 fully saturated rings. The van der Waals surface area contributed by atoms with Gasteiger partial charge in [0.25, 0.3) is 5.91 Å². The molecule has 0 saturated heterocycles. The highest BCUT2D eigenvalue weighted by Crippen LogP contribution is 2.22. The molecule has 21 heavy (non-hydrogen) atoms. The smallest absolute Gasteiger partial charge is 0.305 e. The van der Waals surface area contributed by atoms with Gasteiger partial charge in [-0.2, -0.15) is 0 Å². The summed E-state index contributed by atoms with van der Waals surface area (Å²) in [4.78, 5) is 24.2. The van der Waals surface area contributed by atoms with Crippen molar-refractivity contribution in [1.82, 2.24) is 0 Å². The number of para-hydroxylation sites is 2. The van der Waals surface area contributed by atoms with Crippen LogP contribution in [-0.2, 0) is 19.1 Å². The van der Waals surface area contributed by atoms with E-state index in [2.05, 4.69) is 0 Å². The molecule has 0 unspecified atom stereocenters. The van der Waals surface area contributed by atoms with Crippen molar-refractivity contribution in [2.45, 2.75) is 6.42 Å². The molecular weight excluding hydrogens is 276 g/mol. The van der Waals surface area contributed by atoms with E-state index < -0.39 is 5.97 Å². The zero-order valence-electron chi connectivity index (χ0n) is 11.9. The molecule has 116 valence electrons. The van der Waals surface area contributed by atoms with Crippen LogP contribution in [0.1, 0.15) is 6.42 Å². The second-order valence-electron chi connectivity index (χ2n) is 4.29. The summed E-state index contributed by atoms with van der Waals surface area (Å²) in [7, 11) is 1.54. The number of carbonyl (C=O) groups is 2. The van der Waals surface area contributed by atoms with Gasteiger partial charge >= 0.3 is 5.97 Å². The van der Waals surface area contributed by atoms with Crippen LogP contribution in [0.25, 0.3) is 0 Å². The van der Waals surface area contributed by atoms with Gasteiger partial charge in [-0.25, -0.2) is 0 Å². The minimum Gasteiger partial charge on any atom is -0.481 e. The van der Waals surface area contributed by atoms with E-state index in [-0.39, 0.29) is 25.5 Å². The van der Waals surface area contributed by atoms with Gasteiger partial charge in [-0.1, -0.05) is 12.1 Å². The monoisotopic (exact) mass is 296 g/mol. The average Bonchev–Trinajstić information content (AvgIpc) is 2.45. The second kappa shape index (κ2) is 8.93. The minimum absolute atomic E-state index is 0.0377. The standard InChI is InChI=1S/C14H20N2O5/c1-20-8-9-21-10-13(17)16(7-6-14(18)19)12-5-3-2-4-11(12)15/h2-5H,6-10,15H2,1H3,(H,18,19). The Morgan fingerprint density at radius 3 is 2.62 bits per heavy atom. The van der Waals surface area contributed by atoms with Crippen LogP contribution in [0, 0.1) is 0 Å². The third-order valence-corrected chi connectivity index (χ3v) is 2.74. The first-order valence-corrected chi connectivity index (χ1v) is 6.49. The maximum atomic E-state index is 12.2. The first kappa shape index (κ1) is 16.9. The van der Waals surface area contributed by atoms with Gasteiger partial charge < -0.3 is 25.2 Å². The van der Waals surface area contributed by atoms with Crippen LogP contribution in [0.3, 0.4) is 0 Å². The number of anilines is 2. The Labute approximate surface area is 123 Å². The molecule has 1 rings (SSSR count). The highest BCUT2D eigenvalue weighted by molar-refractivity contribution is 5.97. The Morgan fingerprint density at radius 1 is 1.29 bits per heavy atom. The summed E-state index contributed by atoms with van der Waals surface area (Å²) in [5, 5.41) is 8.79. The number of carboxylic acid groups (broad SMARTS) is 1. The van der Waals surface area contributed by atoms with Gasteiger partial charge in [0.1, 0.15) is 6.61 Å². The highest BCUT2D eigenvalue weighted by Gasteiger charge is 2.18. The lowest BCUT2D eigenvalue weighted by Gasteiger charge is -2.23. The van der Waals surface area contributed by atoms with Crippen molar-refractivity contribution in [1.29, 1.82) is 0 Å². The predicted molar refractivity (Wildman–Crippen MR) is 78.2 cm³/mol. The molecule has 0 radical (unpaired) electrons. The van der Waals surface area contributed by atoms with E-state index in [0.29, 0.717) is 24.6 Å². The molecule has 0 bridgehead atoms. The van der Waals surface area contributed by atoms with Gasteiger partial charge in [0.2, 0.25) is 0 Å². The largest absolute Gasteiger partial charge is 0.481 e. The number of amides is 1. The van der Waals surface area contributed by atoms with Crippen molar-refractivity contribution < 1.29 is 24.2 Å². The lowest BCUT2D eigenvalue weighted by Crippen LogP contribution is -2.36. The van der Waals surface area contributed by atoms with Crippen molar-refractivity contribution in [2.75, 3.05) is 44.1 Å². The Hall–Kier alpha value is -2.12. The zero-order chi connectivity index (χ0) is 15.7. The molecule has 7 nitrogen and oxygen atoms in total. The number of hydrogen-bond donors (Lipinski definition) is 2. The number of carboxylic acids is 1. The normalized spacial score (nSPS) is 10.3. The fourth-order valence-corrected chi connectivity index (χ4v) is 1.70. The van der Waals surface area contributed by atoms with Crippen LogP contribution in [-0.4, -0.2) is 50.5 Å². The first-order valence-electron chi connectivity index (χ1n) is 6.49. The van der Waals surface area contributed by atoms with E-state index in [4.69, 9.17) is 20.3 Å². The Morgan fingerprint density at radius 2 is 2.00 bits per heavy atom. The van der Waals surface area contributed by atoms with E-state index in [1.807, 2.05) is 0 Å². The third-order valence-electron chi connectivity index (χ3n) is 2.74. The van der Waals surface area contributed by atoms with Crippen molar-refractivity contribution in [3.05, 3.63) is 24.3 Å². The number of benzene rings is 1. The first-order chi connectivity index (χ1) is 10.1. The molecule has 1 amide bonds. The molecule has 0 spiro atoms. The van der Waals surface area contributed by atoms with Gasteiger partial charge in [-0.3, -0.25) is 9.59 Å². The summed E-state index contributed by atoms with van der Waals surface area (Å²) >= 11 is 0. The maximum Gasteiger partial charge on any atom is 0.305 e. The van der Waals surface area contributed by atoms with Crippen LogP contribution in [0.4, 0.5) is 11.4 Å². The van der Waals surface area contributed by atoms with Crippen molar-refractivity contribution >= 4 is 23.3 Å². The molecule has 0 aliphatic rings. The summed E-state index contributed by atoms with van der Waals surface area (Å²) in [6.07, 6.45) is -0.169. The number of carbonyl (C=O) groups excluding carboxylic acids is 1. The molecule has 1 aromatic carbocycles. The topological polar surface area (TPSA) is 102 Å². The molecule has 3 N–H and O–H groups in total. The van der Waals surface area contributed by atoms with Crippen molar-refractivity contribution in [3.8, 4) is 0 Å². The number of nitrogens with zero attached hydrogens (tertiary/aromatic N) is 1. The number of rotatable bonds is 9. The van der Waals surface area contributed by atoms with Crippen molar-refractivity contribution in [3.63, 3.8) is 0 Å². The van der Waals surface area contributed by atoms with Crippen LogP contribution in [0.2, 0.25) is 0 Å². The van der Waals surface area contributed by atoms with E-state index >= 15 is 0 Å². The van der Waals surface area contributed by atoms with E-state index in [9.17, 15) is 9.59 Å². The molecule has 0 saturated carbocycles. The molecule has 0 heterocycles. The number of methoxy groups -OCH3 is 1. The summed E-state index contributed by atoms with van der Waals surface area (Å²) in [6.45, 7) is 0.558. The van der Waals surface area contributed by atoms with Gasteiger partial charge in [0.15, 0.2) is 0 Å². The van der Waals surface area contributed by atoms with E-state index in [1.54, 1.807) is 24.3 Å². The summed E-state index contributed by atoms with van der Waals surface area (Å²) in [5.41, 5.74) is 6.74. The van der Waals surface area contributed by atoms with Gasteiger partial charge in [0, 0.05) is 13.7 Å². The number of aliphatic carboxylic acids is 1. The zero-order valence-corrected chi connectivity index (χ0v) is 11.9. The molecule has 1 aromatic rings. The molecule has 7 heteroatoms. The SMILES string of the molecule is COCCOCC(=O)N(CCC(=O)O)c1ccccc1N. The number of nitrogen functional groups attached to an aromatic ring is 1. The molecular formula is C14H20N2O5. The van der Waals surface area contributed by atoms with Crippen molar-refractivity contribution in [2.24, 2.45) is 0 Å². The quantitative estimate of drug-likeness (QED) is 0.515. The lowest BCUT2D eigenvalue weighted by molar-refractivity contribution is -0.136. The van der Waals surface area contributed by atoms with E-state index in [0.717, 1.165) is 0 Å². The number of hydrogen-bond acceptors (Lipinski definition) is 5. The molecule has 0 atom stereocenters. The summed E-state index contributed by atoms with van der Waals surface area (Å²) < 4.78 is 10.00. The Balaban J connectivity index is 2.74. The van der Waals surface area contributed by atoms with Crippen LogP contribution >= 0.6 is 0 Å². The fraction of sp³-hybridized carbons (Fsp3) is 0.429. The highest BCUT2D eigenvalue weighted by atomic mass is 16.5. The van der Waals surface area contributed by atoms with Gasteiger partial charge in [-0.15, -0.1) is 0 Å². The Bertz CT molecular complexity index is 478. The minimum atomic E-state index is -0.984. The molecule has 0 aliphatic heterocycles. The molecule has 0 aliphatic carbocycles. The fourth-order valence-electron chi connectivity index (χ4n) is 1.70. The van der Waals surface area contributed by atoms with Gasteiger partial charge in [-0.05, 0) is 12.1 Å². The average molecular weight is 296 g/mol. The predicted octanol–water partition coefficient (Wildman–Crippen LogP) is 0.740. The summed E-state index contributed by atoms with van der Waals surface area (Å²) in [5.74, 6) is -1.33. The third kappa shape index (κ3) is 5.80. The second-order valence-corrected chi connectivity index (χ2v) is 4.29. The summed E-state index contributed by atoms with van der Waals surface area (Å²) in [6, 6.07) is 6.80. The van der Waals surface area contributed by atoms with Crippen LogP contribution < -0.4 is 10.6 Å². The van der Waals surface area contributed by atoms with E-state index in [1.165, 1.54) is 12.0 Å². The van der Waals surface area contributed by atoms with Crippen LogP contribution in [0.5, 0.6) is 0 Å². The van der Waals surface area contributed by atoms with Gasteiger partial charge in [0.05, 0.1) is 31.0 Å². The maximum absolute atomic E-state index is 12.2.